The lowest BCUT2D eigenvalue weighted by Gasteiger charge is -2.20. The van der Waals surface area contributed by atoms with Gasteiger partial charge in [-0.2, -0.15) is 0 Å². The molecule has 9 rings (SSSR count). The maximum atomic E-state index is 6.63. The molecule has 0 aliphatic rings. The largest absolute Gasteiger partial charge is 0.457 e. The summed E-state index contributed by atoms with van der Waals surface area (Å²) in [7, 11) is 0. The monoisotopic (exact) mass is 638 g/mol. The molecule has 49 heavy (non-hydrogen) atoms. The van der Waals surface area contributed by atoms with Gasteiger partial charge in [0, 0.05) is 51.8 Å². The summed E-state index contributed by atoms with van der Waals surface area (Å²) in [5.74, 6) is 2.99. The Morgan fingerprint density at radius 3 is 2.04 bits per heavy atom. The molecule has 0 unspecified atom stereocenters. The van der Waals surface area contributed by atoms with Crippen molar-refractivity contribution in [2.24, 2.45) is 0 Å². The first-order valence-corrected chi connectivity index (χ1v) is 16.8. The van der Waals surface area contributed by atoms with Crippen LogP contribution in [0.25, 0.3) is 66.5 Å². The fourth-order valence-electron chi connectivity index (χ4n) is 7.32. The number of para-hydroxylation sites is 1. The third-order valence-electron chi connectivity index (χ3n) is 9.53. The zero-order chi connectivity index (χ0) is 33.2. The number of nitrogens with zero attached hydrogens (tertiary/aromatic N) is 6. The predicted octanol–water partition coefficient (Wildman–Crippen LogP) is 10.6. The van der Waals surface area contributed by atoms with Gasteiger partial charge in [-0.05, 0) is 71.5 Å². The van der Waals surface area contributed by atoms with Crippen LogP contribution in [0.15, 0.2) is 122 Å². The van der Waals surface area contributed by atoms with Gasteiger partial charge in [0.05, 0.1) is 22.9 Å². The molecule has 0 atom stereocenters. The van der Waals surface area contributed by atoms with E-state index in [4.69, 9.17) is 19.7 Å². The number of hydrogen-bond acceptors (Lipinski definition) is 5. The molecule has 0 fully saturated rings. The molecule has 9 aromatic rings. The first-order valence-electron chi connectivity index (χ1n) is 16.8. The summed E-state index contributed by atoms with van der Waals surface area (Å²) >= 11 is 0. The number of rotatable bonds is 6. The van der Waals surface area contributed by atoms with Crippen LogP contribution in [-0.2, 0) is 0 Å². The number of aromatic nitrogens is 6. The van der Waals surface area contributed by atoms with Gasteiger partial charge in [0.2, 0.25) is 0 Å². The highest BCUT2D eigenvalue weighted by Gasteiger charge is 2.22. The number of benzene rings is 4. The van der Waals surface area contributed by atoms with Gasteiger partial charge in [-0.3, -0.25) is 14.0 Å². The Kier molecular flexibility index (Phi) is 6.69. The van der Waals surface area contributed by atoms with E-state index in [1.54, 1.807) is 12.4 Å². The number of imidazole rings is 1. The second kappa shape index (κ2) is 11.3. The van der Waals surface area contributed by atoms with Gasteiger partial charge in [0.15, 0.2) is 5.65 Å². The third kappa shape index (κ3) is 4.57. The second-order valence-electron chi connectivity index (χ2n) is 13.2. The maximum absolute atomic E-state index is 6.63. The molecule has 0 aliphatic carbocycles. The lowest BCUT2D eigenvalue weighted by atomic mass is 9.87. The van der Waals surface area contributed by atoms with E-state index in [0.29, 0.717) is 17.6 Å². The quantitative estimate of drug-likeness (QED) is 0.170. The molecule has 7 heteroatoms. The number of fused-ring (bicyclic) bond motifs is 9. The van der Waals surface area contributed by atoms with Gasteiger partial charge >= 0.3 is 0 Å². The second-order valence-corrected chi connectivity index (χ2v) is 13.2. The third-order valence-corrected chi connectivity index (χ3v) is 9.53. The van der Waals surface area contributed by atoms with Gasteiger partial charge in [0.25, 0.3) is 0 Å². The Hall–Kier alpha value is -6.08. The van der Waals surface area contributed by atoms with Crippen molar-refractivity contribution in [1.29, 1.82) is 0 Å². The highest BCUT2D eigenvalue weighted by molar-refractivity contribution is 6.11. The Balaban J connectivity index is 1.23. The molecule has 0 bridgehead atoms. The zero-order valence-electron chi connectivity index (χ0n) is 27.8. The molecular formula is C42H34N6O. The minimum atomic E-state index is 0.339. The van der Waals surface area contributed by atoms with Gasteiger partial charge in [-0.25, -0.2) is 15.0 Å². The number of ether oxygens (including phenoxy) is 1. The van der Waals surface area contributed by atoms with Gasteiger partial charge in [-0.1, -0.05) is 70.2 Å². The standard InChI is InChI=1S/C42H34N6O/c1-25(2)29-11-9-12-30(26(3)4)39(29)37-24-46-41-34-22-27(16-18-33(34)40-42(48(37)41)45-21-20-44-40)49-28-15-17-32-31-10-5-6-13-35(31)47(36(32)23-28)38-14-7-8-19-43-38/h5-26H,1-4H3. The predicted molar refractivity (Wildman–Crippen MR) is 198 cm³/mol. The smallest absolute Gasteiger partial charge is 0.165 e. The molecule has 0 saturated carbocycles. The summed E-state index contributed by atoms with van der Waals surface area (Å²) in [5.41, 5.74) is 9.39. The van der Waals surface area contributed by atoms with Crippen molar-refractivity contribution in [2.45, 2.75) is 39.5 Å². The molecular weight excluding hydrogens is 605 g/mol. The Morgan fingerprint density at radius 2 is 1.27 bits per heavy atom. The topological polar surface area (TPSA) is 70.1 Å². The van der Waals surface area contributed by atoms with E-state index in [-0.39, 0.29) is 0 Å². The molecule has 0 saturated heterocycles. The van der Waals surface area contributed by atoms with Crippen molar-refractivity contribution in [3.8, 4) is 28.6 Å². The molecule has 0 radical (unpaired) electrons. The van der Waals surface area contributed by atoms with E-state index in [1.165, 1.54) is 22.1 Å². The summed E-state index contributed by atoms with van der Waals surface area (Å²) in [4.78, 5) is 19.4. The highest BCUT2D eigenvalue weighted by Crippen LogP contribution is 2.40. The van der Waals surface area contributed by atoms with E-state index in [1.807, 2.05) is 42.7 Å². The zero-order valence-corrected chi connectivity index (χ0v) is 27.8. The molecule has 238 valence electrons. The first kappa shape index (κ1) is 29.1. The van der Waals surface area contributed by atoms with Crippen molar-refractivity contribution in [3.05, 3.63) is 133 Å². The van der Waals surface area contributed by atoms with E-state index < -0.39 is 0 Å². The van der Waals surface area contributed by atoms with Crippen LogP contribution < -0.4 is 4.74 Å². The summed E-state index contributed by atoms with van der Waals surface area (Å²) in [6.07, 6.45) is 7.33. The lowest BCUT2D eigenvalue weighted by Crippen LogP contribution is -2.03. The van der Waals surface area contributed by atoms with Crippen molar-refractivity contribution in [1.82, 2.24) is 28.9 Å². The van der Waals surface area contributed by atoms with Gasteiger partial charge < -0.3 is 4.74 Å². The molecule has 0 aliphatic heterocycles. The summed E-state index contributed by atoms with van der Waals surface area (Å²) in [6, 6.07) is 33.5. The summed E-state index contributed by atoms with van der Waals surface area (Å²) < 4.78 is 11.0. The number of hydrogen-bond donors (Lipinski definition) is 0. The minimum Gasteiger partial charge on any atom is -0.457 e. The van der Waals surface area contributed by atoms with Crippen molar-refractivity contribution in [3.63, 3.8) is 0 Å². The summed E-state index contributed by atoms with van der Waals surface area (Å²) in [6.45, 7) is 8.99. The lowest BCUT2D eigenvalue weighted by molar-refractivity contribution is 0.484. The van der Waals surface area contributed by atoms with E-state index >= 15 is 0 Å². The molecule has 5 heterocycles. The van der Waals surface area contributed by atoms with Crippen LogP contribution in [-0.4, -0.2) is 28.9 Å². The fourth-order valence-corrected chi connectivity index (χ4v) is 7.32. The maximum Gasteiger partial charge on any atom is 0.165 e. The van der Waals surface area contributed by atoms with E-state index in [0.717, 1.165) is 61.3 Å². The average Bonchev–Trinajstić information content (AvgIpc) is 3.72. The molecule has 0 amide bonds. The molecule has 0 spiro atoms. The SMILES string of the molecule is CC(C)c1cccc(C(C)C)c1-c1cnc2c3cc(Oc4ccc5c6ccccc6n(-c6ccccn6)c5c4)ccc3c3nccnc3n12. The van der Waals surface area contributed by atoms with E-state index in [2.05, 4.69) is 108 Å². The van der Waals surface area contributed by atoms with Crippen molar-refractivity contribution in [2.75, 3.05) is 0 Å². The Morgan fingerprint density at radius 1 is 0.551 bits per heavy atom. The molecule has 7 nitrogen and oxygen atoms in total. The molecule has 0 N–H and O–H groups in total. The summed E-state index contributed by atoms with van der Waals surface area (Å²) in [5, 5.41) is 4.25. The van der Waals surface area contributed by atoms with Crippen LogP contribution >= 0.6 is 0 Å². The van der Waals surface area contributed by atoms with Crippen LogP contribution in [0.3, 0.4) is 0 Å². The van der Waals surface area contributed by atoms with E-state index in [9.17, 15) is 0 Å². The molecule has 5 aromatic heterocycles. The number of pyridine rings is 2. The van der Waals surface area contributed by atoms with Crippen LogP contribution in [0, 0.1) is 0 Å². The highest BCUT2D eigenvalue weighted by atomic mass is 16.5. The fraction of sp³-hybridized carbons (Fsp3) is 0.143. The van der Waals surface area contributed by atoms with Crippen LogP contribution in [0.4, 0.5) is 0 Å². The Bertz CT molecular complexity index is 2680. The van der Waals surface area contributed by atoms with Crippen LogP contribution in [0.1, 0.15) is 50.7 Å². The molecule has 4 aromatic carbocycles. The van der Waals surface area contributed by atoms with Crippen LogP contribution in [0.2, 0.25) is 0 Å². The Labute approximate surface area is 283 Å². The van der Waals surface area contributed by atoms with Crippen LogP contribution in [0.5, 0.6) is 11.5 Å². The first-order chi connectivity index (χ1) is 24.0. The van der Waals surface area contributed by atoms with Crippen molar-refractivity contribution >= 4 is 49.4 Å². The van der Waals surface area contributed by atoms with Gasteiger partial charge in [-0.15, -0.1) is 0 Å². The van der Waals surface area contributed by atoms with Crippen molar-refractivity contribution < 1.29 is 4.74 Å². The van der Waals surface area contributed by atoms with Gasteiger partial charge in [0.1, 0.15) is 28.5 Å². The minimum absolute atomic E-state index is 0.339. The average molecular weight is 639 g/mol. The normalized spacial score (nSPS) is 12.0.